The zero-order chi connectivity index (χ0) is 16.9. The summed E-state index contributed by atoms with van der Waals surface area (Å²) < 4.78 is 18.1. The van der Waals surface area contributed by atoms with Crippen LogP contribution in [0, 0.1) is 11.8 Å². The van der Waals surface area contributed by atoms with Gasteiger partial charge in [0.15, 0.2) is 0 Å². The van der Waals surface area contributed by atoms with Gasteiger partial charge >= 0.3 is 0 Å². The van der Waals surface area contributed by atoms with E-state index < -0.39 is 0 Å². The van der Waals surface area contributed by atoms with Gasteiger partial charge in [0.05, 0.1) is 29.0 Å². The molecule has 3 fully saturated rings. The number of epoxide rings is 2. The third kappa shape index (κ3) is 3.77. The second-order valence-electron chi connectivity index (χ2n) is 9.37. The van der Waals surface area contributed by atoms with E-state index in [0.29, 0.717) is 24.0 Å². The molecule has 5 atom stereocenters. The second-order valence-corrected chi connectivity index (χ2v) is 9.37. The largest absolute Gasteiger partial charge is 0.375 e. The van der Waals surface area contributed by atoms with Crippen molar-refractivity contribution in [3.63, 3.8) is 0 Å². The van der Waals surface area contributed by atoms with Gasteiger partial charge in [-0.25, -0.2) is 0 Å². The van der Waals surface area contributed by atoms with Crippen molar-refractivity contribution in [1.82, 2.24) is 0 Å². The first kappa shape index (κ1) is 17.7. The van der Waals surface area contributed by atoms with Crippen molar-refractivity contribution in [3.8, 4) is 0 Å². The van der Waals surface area contributed by atoms with Crippen LogP contribution in [-0.4, -0.2) is 35.6 Å². The number of rotatable bonds is 8. The van der Waals surface area contributed by atoms with E-state index in [9.17, 15) is 0 Å². The molecular formula is C20H36O3. The molecular weight excluding hydrogens is 288 g/mol. The third-order valence-corrected chi connectivity index (χ3v) is 6.75. The smallest absolute Gasteiger partial charge is 0.0922 e. The van der Waals surface area contributed by atoms with Gasteiger partial charge in [0.1, 0.15) is 0 Å². The van der Waals surface area contributed by atoms with Crippen molar-refractivity contribution in [2.24, 2.45) is 11.8 Å². The Morgan fingerprint density at radius 1 is 1.04 bits per heavy atom. The maximum absolute atomic E-state index is 6.50. The van der Waals surface area contributed by atoms with Crippen LogP contribution < -0.4 is 0 Å². The highest BCUT2D eigenvalue weighted by molar-refractivity contribution is 5.09. The molecule has 5 unspecified atom stereocenters. The summed E-state index contributed by atoms with van der Waals surface area (Å²) in [6.07, 6.45) is 7.90. The molecule has 0 aromatic heterocycles. The molecule has 0 amide bonds. The van der Waals surface area contributed by atoms with Crippen LogP contribution in [-0.2, 0) is 14.2 Å². The van der Waals surface area contributed by atoms with Crippen molar-refractivity contribution in [1.29, 1.82) is 0 Å². The predicted octanol–water partition coefficient (Wildman–Crippen LogP) is 4.72. The van der Waals surface area contributed by atoms with Crippen LogP contribution in [0.1, 0.15) is 80.1 Å². The van der Waals surface area contributed by atoms with Gasteiger partial charge < -0.3 is 14.2 Å². The molecule has 1 aliphatic carbocycles. The number of hydrogen-bond acceptors (Lipinski definition) is 3. The van der Waals surface area contributed by atoms with Crippen molar-refractivity contribution < 1.29 is 14.2 Å². The molecule has 3 rings (SSSR count). The fraction of sp³-hybridized carbons (Fsp3) is 1.00. The zero-order valence-electron chi connectivity index (χ0n) is 16.0. The maximum atomic E-state index is 6.50. The van der Waals surface area contributed by atoms with Crippen molar-refractivity contribution in [2.45, 2.75) is 109 Å². The Bertz CT molecular complexity index is 433. The van der Waals surface area contributed by atoms with Gasteiger partial charge in [-0.3, -0.25) is 0 Å². The van der Waals surface area contributed by atoms with E-state index in [1.807, 2.05) is 0 Å². The quantitative estimate of drug-likeness (QED) is 0.606. The highest BCUT2D eigenvalue weighted by atomic mass is 16.6. The minimum atomic E-state index is 0.0436. The molecule has 134 valence electrons. The van der Waals surface area contributed by atoms with Gasteiger partial charge in [0, 0.05) is 13.0 Å². The molecule has 2 aliphatic heterocycles. The Morgan fingerprint density at radius 2 is 1.74 bits per heavy atom. The van der Waals surface area contributed by atoms with Crippen molar-refractivity contribution >= 4 is 0 Å². The Morgan fingerprint density at radius 3 is 2.30 bits per heavy atom. The molecule has 0 spiro atoms. The molecule has 0 bridgehead atoms. The molecule has 0 N–H and O–H groups in total. The van der Waals surface area contributed by atoms with Gasteiger partial charge in [-0.15, -0.1) is 0 Å². The lowest BCUT2D eigenvalue weighted by Crippen LogP contribution is -2.45. The Kier molecular flexibility index (Phi) is 4.61. The standard InChI is InChI=1S/C20H36O3/c1-14(2)20(11-10-19(6)17(13-20)23-19)21-12-9-15(3)7-8-16-18(4,5)22-16/h14-17H,7-13H2,1-6H3. The molecule has 0 aromatic carbocycles. The van der Waals surface area contributed by atoms with Crippen LogP contribution in [0.4, 0.5) is 0 Å². The minimum absolute atomic E-state index is 0.0436. The molecule has 2 saturated heterocycles. The van der Waals surface area contributed by atoms with Gasteiger partial charge in [0.25, 0.3) is 0 Å². The zero-order valence-corrected chi connectivity index (χ0v) is 16.0. The summed E-state index contributed by atoms with van der Waals surface area (Å²) in [4.78, 5) is 0. The SMILES string of the molecule is CC(CCOC1(C(C)C)CCC2(C)OC2C1)CCC1OC1(C)C. The summed E-state index contributed by atoms with van der Waals surface area (Å²) in [6.45, 7) is 14.5. The summed E-state index contributed by atoms with van der Waals surface area (Å²) >= 11 is 0. The van der Waals surface area contributed by atoms with Crippen molar-refractivity contribution in [2.75, 3.05) is 6.61 Å². The highest BCUT2D eigenvalue weighted by Gasteiger charge is 2.60. The number of fused-ring (bicyclic) bond motifs is 1. The van der Waals surface area contributed by atoms with E-state index in [-0.39, 0.29) is 16.8 Å². The van der Waals surface area contributed by atoms with Crippen LogP contribution in [0.2, 0.25) is 0 Å². The van der Waals surface area contributed by atoms with E-state index in [0.717, 1.165) is 32.3 Å². The van der Waals surface area contributed by atoms with Crippen LogP contribution in [0.25, 0.3) is 0 Å². The fourth-order valence-corrected chi connectivity index (χ4v) is 4.25. The molecule has 1 saturated carbocycles. The monoisotopic (exact) mass is 324 g/mol. The average Bonchev–Trinajstić information content (AvgIpc) is 3.30. The summed E-state index contributed by atoms with van der Waals surface area (Å²) in [7, 11) is 0. The molecule has 3 nitrogen and oxygen atoms in total. The van der Waals surface area contributed by atoms with Crippen LogP contribution in [0.3, 0.4) is 0 Å². The average molecular weight is 325 g/mol. The van der Waals surface area contributed by atoms with E-state index in [1.165, 1.54) is 12.8 Å². The first-order valence-corrected chi connectivity index (χ1v) is 9.66. The summed E-state index contributed by atoms with van der Waals surface area (Å²) in [5, 5.41) is 0. The summed E-state index contributed by atoms with van der Waals surface area (Å²) in [5.74, 6) is 1.28. The molecule has 3 aliphatic rings. The molecule has 0 radical (unpaired) electrons. The Balaban J connectivity index is 1.39. The van der Waals surface area contributed by atoms with E-state index in [4.69, 9.17) is 14.2 Å². The van der Waals surface area contributed by atoms with Crippen LogP contribution in [0.15, 0.2) is 0 Å². The lowest BCUT2D eigenvalue weighted by atomic mass is 9.73. The van der Waals surface area contributed by atoms with E-state index in [1.54, 1.807) is 0 Å². The van der Waals surface area contributed by atoms with Crippen LogP contribution >= 0.6 is 0 Å². The fourth-order valence-electron chi connectivity index (χ4n) is 4.25. The minimum Gasteiger partial charge on any atom is -0.375 e. The molecule has 0 aromatic rings. The van der Waals surface area contributed by atoms with Gasteiger partial charge in [-0.2, -0.15) is 0 Å². The summed E-state index contributed by atoms with van der Waals surface area (Å²) in [5.41, 5.74) is 0.352. The Hall–Kier alpha value is -0.120. The molecule has 2 heterocycles. The first-order chi connectivity index (χ1) is 10.7. The highest BCUT2D eigenvalue weighted by Crippen LogP contribution is 2.53. The van der Waals surface area contributed by atoms with Crippen LogP contribution in [0.5, 0.6) is 0 Å². The van der Waals surface area contributed by atoms with Gasteiger partial charge in [-0.05, 0) is 64.7 Å². The van der Waals surface area contributed by atoms with Crippen molar-refractivity contribution in [3.05, 3.63) is 0 Å². The topological polar surface area (TPSA) is 34.3 Å². The predicted molar refractivity (Wildman–Crippen MR) is 92.6 cm³/mol. The first-order valence-electron chi connectivity index (χ1n) is 9.66. The van der Waals surface area contributed by atoms with E-state index >= 15 is 0 Å². The lowest BCUT2D eigenvalue weighted by molar-refractivity contribution is -0.103. The second kappa shape index (κ2) is 6.00. The normalized spacial score (nSPS) is 42.4. The maximum Gasteiger partial charge on any atom is 0.0922 e. The lowest BCUT2D eigenvalue weighted by Gasteiger charge is -2.41. The molecule has 23 heavy (non-hydrogen) atoms. The molecule has 3 heteroatoms. The Labute approximate surface area is 142 Å². The van der Waals surface area contributed by atoms with E-state index in [2.05, 4.69) is 41.5 Å². The van der Waals surface area contributed by atoms with Gasteiger partial charge in [0.2, 0.25) is 0 Å². The summed E-state index contributed by atoms with van der Waals surface area (Å²) in [6, 6.07) is 0. The number of hydrogen-bond donors (Lipinski definition) is 0. The number of ether oxygens (including phenoxy) is 3. The van der Waals surface area contributed by atoms with Gasteiger partial charge in [-0.1, -0.05) is 20.8 Å². The third-order valence-electron chi connectivity index (χ3n) is 6.75.